The molecule has 3 rings (SSSR count). The number of carbonyl (C=O) groups is 1. The third kappa shape index (κ3) is 3.60. The van der Waals surface area contributed by atoms with Crippen LogP contribution in [0.5, 0.6) is 0 Å². The van der Waals surface area contributed by atoms with E-state index in [2.05, 4.69) is 15.7 Å². The third-order valence-corrected chi connectivity index (χ3v) is 3.57. The Morgan fingerprint density at radius 1 is 1.26 bits per heavy atom. The van der Waals surface area contributed by atoms with Gasteiger partial charge in [-0.3, -0.25) is 4.68 Å². The van der Waals surface area contributed by atoms with Gasteiger partial charge in [0.1, 0.15) is 11.8 Å². The van der Waals surface area contributed by atoms with Crippen molar-refractivity contribution in [2.24, 2.45) is 0 Å². The van der Waals surface area contributed by atoms with Gasteiger partial charge in [0.15, 0.2) is 0 Å². The number of aryl methyl sites for hydroxylation is 1. The van der Waals surface area contributed by atoms with Gasteiger partial charge in [0, 0.05) is 24.6 Å². The van der Waals surface area contributed by atoms with Gasteiger partial charge in [-0.25, -0.2) is 4.79 Å². The maximum Gasteiger partial charge on any atom is 0.319 e. The fourth-order valence-electron chi connectivity index (χ4n) is 2.34. The fourth-order valence-corrected chi connectivity index (χ4v) is 2.34. The van der Waals surface area contributed by atoms with Crippen molar-refractivity contribution in [3.05, 3.63) is 72.4 Å². The van der Waals surface area contributed by atoms with Crippen LogP contribution in [0.1, 0.15) is 17.4 Å². The molecule has 2 heterocycles. The largest absolute Gasteiger partial charge is 0.467 e. The molecular formula is C17H18N4O2. The Balaban J connectivity index is 1.65. The number of hydrogen-bond acceptors (Lipinski definition) is 3. The molecular weight excluding hydrogens is 292 g/mol. The van der Waals surface area contributed by atoms with E-state index in [0.717, 1.165) is 17.0 Å². The number of nitrogens with zero attached hydrogens (tertiary/aromatic N) is 2. The van der Waals surface area contributed by atoms with Gasteiger partial charge in [-0.05, 0) is 36.8 Å². The van der Waals surface area contributed by atoms with Crippen LogP contribution in [0.3, 0.4) is 0 Å². The number of para-hydroxylation sites is 1. The van der Waals surface area contributed by atoms with Crippen molar-refractivity contribution in [3.63, 3.8) is 0 Å². The van der Waals surface area contributed by atoms with Gasteiger partial charge >= 0.3 is 6.03 Å². The van der Waals surface area contributed by atoms with Gasteiger partial charge < -0.3 is 15.1 Å². The predicted octanol–water partition coefficient (Wildman–Crippen LogP) is 3.20. The normalized spacial score (nSPS) is 11.9. The van der Waals surface area contributed by atoms with Gasteiger partial charge in [0.2, 0.25) is 0 Å². The van der Waals surface area contributed by atoms with Crippen LogP contribution in [0.15, 0.2) is 65.5 Å². The number of amides is 2. The summed E-state index contributed by atoms with van der Waals surface area (Å²) < 4.78 is 7.21. The van der Waals surface area contributed by atoms with E-state index < -0.39 is 0 Å². The fraction of sp³-hybridized carbons (Fsp3) is 0.176. The zero-order chi connectivity index (χ0) is 16.1. The van der Waals surface area contributed by atoms with Crippen LogP contribution < -0.4 is 10.6 Å². The van der Waals surface area contributed by atoms with Crippen molar-refractivity contribution in [2.45, 2.75) is 13.0 Å². The molecule has 0 aliphatic heterocycles. The highest BCUT2D eigenvalue weighted by Gasteiger charge is 2.18. The molecule has 2 aromatic heterocycles. The van der Waals surface area contributed by atoms with Crippen LogP contribution in [-0.2, 0) is 0 Å². The molecule has 1 atom stereocenters. The van der Waals surface area contributed by atoms with Crippen LogP contribution in [0, 0.1) is 6.92 Å². The second kappa shape index (κ2) is 6.83. The smallest absolute Gasteiger partial charge is 0.319 e. The Hall–Kier alpha value is -3.02. The Bertz CT molecular complexity index is 717. The van der Waals surface area contributed by atoms with Crippen LogP contribution in [0.25, 0.3) is 0 Å². The van der Waals surface area contributed by atoms with Crippen molar-refractivity contribution in [2.75, 3.05) is 11.9 Å². The van der Waals surface area contributed by atoms with E-state index in [4.69, 9.17) is 4.42 Å². The Morgan fingerprint density at radius 2 is 2.13 bits per heavy atom. The van der Waals surface area contributed by atoms with Crippen LogP contribution >= 0.6 is 0 Å². The van der Waals surface area contributed by atoms with Gasteiger partial charge in [0.05, 0.1) is 6.26 Å². The topological polar surface area (TPSA) is 72.1 Å². The highest BCUT2D eigenvalue weighted by atomic mass is 16.3. The molecule has 1 aromatic carbocycles. The summed E-state index contributed by atoms with van der Waals surface area (Å²) in [7, 11) is 0. The summed E-state index contributed by atoms with van der Waals surface area (Å²) >= 11 is 0. The number of furan rings is 1. The molecule has 0 radical (unpaired) electrons. The lowest BCUT2D eigenvalue weighted by Crippen LogP contribution is -2.34. The molecule has 6 heteroatoms. The Kier molecular flexibility index (Phi) is 4.42. The van der Waals surface area contributed by atoms with Gasteiger partial charge in [-0.2, -0.15) is 5.10 Å². The number of aromatic nitrogens is 2. The summed E-state index contributed by atoms with van der Waals surface area (Å²) in [4.78, 5) is 12.1. The van der Waals surface area contributed by atoms with E-state index in [1.54, 1.807) is 17.1 Å². The first-order chi connectivity index (χ1) is 11.2. The summed E-state index contributed by atoms with van der Waals surface area (Å²) in [5, 5.41) is 9.94. The molecule has 0 saturated carbocycles. The van der Waals surface area contributed by atoms with Crippen molar-refractivity contribution in [1.82, 2.24) is 15.1 Å². The highest BCUT2D eigenvalue weighted by molar-refractivity contribution is 5.90. The van der Waals surface area contributed by atoms with Crippen molar-refractivity contribution >= 4 is 11.7 Å². The number of rotatable bonds is 5. The third-order valence-electron chi connectivity index (χ3n) is 3.57. The highest BCUT2D eigenvalue weighted by Crippen LogP contribution is 2.17. The molecule has 0 aliphatic rings. The Morgan fingerprint density at radius 3 is 2.83 bits per heavy atom. The molecule has 118 valence electrons. The lowest BCUT2D eigenvalue weighted by molar-refractivity contribution is 0.250. The SMILES string of the molecule is Cc1ccccc1NC(=O)NCC(c1ccco1)n1cccn1. The lowest BCUT2D eigenvalue weighted by Gasteiger charge is -2.17. The summed E-state index contributed by atoms with van der Waals surface area (Å²) in [6.07, 6.45) is 5.15. The number of anilines is 1. The van der Waals surface area contributed by atoms with E-state index in [1.165, 1.54) is 0 Å². The molecule has 2 N–H and O–H groups in total. The molecule has 0 fully saturated rings. The summed E-state index contributed by atoms with van der Waals surface area (Å²) in [6, 6.07) is 12.7. The molecule has 0 spiro atoms. The summed E-state index contributed by atoms with van der Waals surface area (Å²) in [5.41, 5.74) is 1.80. The minimum absolute atomic E-state index is 0.192. The van der Waals surface area contributed by atoms with Crippen molar-refractivity contribution < 1.29 is 9.21 Å². The first-order valence-corrected chi connectivity index (χ1v) is 7.37. The first kappa shape index (κ1) is 14.9. The quantitative estimate of drug-likeness (QED) is 0.760. The van der Waals surface area contributed by atoms with Gasteiger partial charge in [-0.15, -0.1) is 0 Å². The molecule has 2 amide bonds. The minimum Gasteiger partial charge on any atom is -0.467 e. The summed E-state index contributed by atoms with van der Waals surface area (Å²) in [6.45, 7) is 2.32. The van der Waals surface area contributed by atoms with Crippen LogP contribution in [0.4, 0.5) is 10.5 Å². The Labute approximate surface area is 134 Å². The zero-order valence-corrected chi connectivity index (χ0v) is 12.8. The van der Waals surface area contributed by atoms with E-state index in [-0.39, 0.29) is 12.1 Å². The zero-order valence-electron chi connectivity index (χ0n) is 12.8. The minimum atomic E-state index is -0.261. The lowest BCUT2D eigenvalue weighted by atomic mass is 10.2. The first-order valence-electron chi connectivity index (χ1n) is 7.37. The van der Waals surface area contributed by atoms with E-state index in [1.807, 2.05) is 55.6 Å². The molecule has 0 aliphatic carbocycles. The molecule has 23 heavy (non-hydrogen) atoms. The average Bonchev–Trinajstić information content (AvgIpc) is 3.23. The maximum absolute atomic E-state index is 12.1. The standard InChI is InChI=1S/C17H18N4O2/c1-13-6-2-3-7-14(13)20-17(22)18-12-15(16-8-4-11-23-16)21-10-5-9-19-21/h2-11,15H,12H2,1H3,(H2,18,20,22). The van der Waals surface area contributed by atoms with Crippen LogP contribution in [0.2, 0.25) is 0 Å². The van der Waals surface area contributed by atoms with Gasteiger partial charge in [-0.1, -0.05) is 18.2 Å². The van der Waals surface area contributed by atoms with E-state index in [9.17, 15) is 4.79 Å². The molecule has 6 nitrogen and oxygen atoms in total. The van der Waals surface area contributed by atoms with Crippen molar-refractivity contribution in [3.8, 4) is 0 Å². The number of benzene rings is 1. The average molecular weight is 310 g/mol. The second-order valence-electron chi connectivity index (χ2n) is 5.17. The number of nitrogens with one attached hydrogen (secondary N) is 2. The molecule has 0 saturated heterocycles. The number of carbonyl (C=O) groups excluding carboxylic acids is 1. The monoisotopic (exact) mass is 310 g/mol. The maximum atomic E-state index is 12.1. The number of hydrogen-bond donors (Lipinski definition) is 2. The van der Waals surface area contributed by atoms with E-state index in [0.29, 0.717) is 6.54 Å². The summed E-state index contributed by atoms with van der Waals surface area (Å²) in [5.74, 6) is 0.741. The molecule has 3 aromatic rings. The number of urea groups is 1. The predicted molar refractivity (Wildman–Crippen MR) is 87.3 cm³/mol. The second-order valence-corrected chi connectivity index (χ2v) is 5.17. The van der Waals surface area contributed by atoms with Crippen molar-refractivity contribution in [1.29, 1.82) is 0 Å². The van der Waals surface area contributed by atoms with Crippen LogP contribution in [-0.4, -0.2) is 22.4 Å². The molecule has 1 unspecified atom stereocenters. The van der Waals surface area contributed by atoms with Gasteiger partial charge in [0.25, 0.3) is 0 Å². The van der Waals surface area contributed by atoms with E-state index >= 15 is 0 Å². The molecule has 0 bridgehead atoms.